The minimum Gasteiger partial charge on any atom is -0.508 e. The molecule has 1 aromatic carbocycles. The largest absolute Gasteiger partial charge is 0.508 e. The Kier molecular flexibility index (Phi) is 3.71. The maximum atomic E-state index is 9.20. The molecule has 1 aromatic rings. The zero-order valence-corrected chi connectivity index (χ0v) is 9.06. The summed E-state index contributed by atoms with van der Waals surface area (Å²) in [7, 11) is 0. The molecule has 0 heterocycles. The SMILES string of the molecule is CC(C)NC(=S)Nc1cccc(O)c1. The third kappa shape index (κ3) is 3.62. The molecule has 0 aliphatic rings. The predicted molar refractivity (Wildman–Crippen MR) is 62.6 cm³/mol. The van der Waals surface area contributed by atoms with Crippen LogP contribution in [-0.4, -0.2) is 16.3 Å². The number of phenols is 1. The summed E-state index contributed by atoms with van der Waals surface area (Å²) in [4.78, 5) is 0. The van der Waals surface area contributed by atoms with E-state index in [9.17, 15) is 5.11 Å². The van der Waals surface area contributed by atoms with Crippen molar-refractivity contribution in [1.29, 1.82) is 0 Å². The van der Waals surface area contributed by atoms with Gasteiger partial charge in [-0.25, -0.2) is 0 Å². The average molecular weight is 210 g/mol. The van der Waals surface area contributed by atoms with Crippen LogP contribution < -0.4 is 10.6 Å². The second-order valence-electron chi connectivity index (χ2n) is 3.30. The summed E-state index contributed by atoms with van der Waals surface area (Å²) in [5, 5.41) is 15.8. The van der Waals surface area contributed by atoms with E-state index in [1.165, 1.54) is 0 Å². The molecular weight excluding hydrogens is 196 g/mol. The first-order chi connectivity index (χ1) is 6.58. The number of phenolic OH excluding ortho intramolecular Hbond substituents is 1. The summed E-state index contributed by atoms with van der Waals surface area (Å²) in [5.74, 6) is 0.224. The molecule has 76 valence electrons. The molecule has 0 bridgehead atoms. The molecule has 0 saturated carbocycles. The van der Waals surface area contributed by atoms with E-state index < -0.39 is 0 Å². The maximum Gasteiger partial charge on any atom is 0.170 e. The standard InChI is InChI=1S/C10H14N2OS/c1-7(2)11-10(14)12-8-4-3-5-9(13)6-8/h3-7,13H,1-2H3,(H2,11,12,14). The quantitative estimate of drug-likeness (QED) is 0.654. The highest BCUT2D eigenvalue weighted by Gasteiger charge is 1.99. The van der Waals surface area contributed by atoms with Crippen molar-refractivity contribution in [1.82, 2.24) is 5.32 Å². The summed E-state index contributed by atoms with van der Waals surface area (Å²) in [6, 6.07) is 7.13. The summed E-state index contributed by atoms with van der Waals surface area (Å²) >= 11 is 5.05. The molecule has 0 radical (unpaired) electrons. The fourth-order valence-corrected chi connectivity index (χ4v) is 1.37. The number of aromatic hydroxyl groups is 1. The van der Waals surface area contributed by atoms with Crippen LogP contribution in [0.3, 0.4) is 0 Å². The lowest BCUT2D eigenvalue weighted by molar-refractivity contribution is 0.475. The Bertz CT molecular complexity index is 326. The highest BCUT2D eigenvalue weighted by molar-refractivity contribution is 7.80. The van der Waals surface area contributed by atoms with Gasteiger partial charge in [0.15, 0.2) is 5.11 Å². The van der Waals surface area contributed by atoms with Crippen LogP contribution in [0.4, 0.5) is 5.69 Å². The Labute approximate surface area is 89.1 Å². The van der Waals surface area contributed by atoms with Crippen LogP contribution in [0.2, 0.25) is 0 Å². The molecule has 4 heteroatoms. The van der Waals surface area contributed by atoms with Crippen LogP contribution in [0, 0.1) is 0 Å². The van der Waals surface area contributed by atoms with Crippen molar-refractivity contribution >= 4 is 23.0 Å². The Morgan fingerprint density at radius 1 is 1.43 bits per heavy atom. The minimum atomic E-state index is 0.224. The second kappa shape index (κ2) is 4.81. The number of benzene rings is 1. The number of thiocarbonyl (C=S) groups is 1. The normalized spacial score (nSPS) is 9.93. The molecule has 14 heavy (non-hydrogen) atoms. The van der Waals surface area contributed by atoms with Gasteiger partial charge in [-0.05, 0) is 38.2 Å². The smallest absolute Gasteiger partial charge is 0.170 e. The van der Waals surface area contributed by atoms with Crippen molar-refractivity contribution in [3.63, 3.8) is 0 Å². The van der Waals surface area contributed by atoms with Gasteiger partial charge in [0, 0.05) is 17.8 Å². The van der Waals surface area contributed by atoms with Crippen LogP contribution in [0.25, 0.3) is 0 Å². The predicted octanol–water partition coefficient (Wildman–Crippen LogP) is 2.09. The fourth-order valence-electron chi connectivity index (χ4n) is 1.01. The van der Waals surface area contributed by atoms with Gasteiger partial charge in [0.1, 0.15) is 5.75 Å². The molecule has 0 fully saturated rings. The Balaban J connectivity index is 2.56. The van der Waals surface area contributed by atoms with Crippen molar-refractivity contribution in [2.45, 2.75) is 19.9 Å². The average Bonchev–Trinajstić information content (AvgIpc) is 2.01. The van der Waals surface area contributed by atoms with Gasteiger partial charge in [-0.15, -0.1) is 0 Å². The number of rotatable bonds is 2. The lowest BCUT2D eigenvalue weighted by Gasteiger charge is -2.12. The summed E-state index contributed by atoms with van der Waals surface area (Å²) < 4.78 is 0. The first kappa shape index (κ1) is 10.8. The lowest BCUT2D eigenvalue weighted by atomic mass is 10.3. The van der Waals surface area contributed by atoms with Crippen LogP contribution in [0.1, 0.15) is 13.8 Å². The van der Waals surface area contributed by atoms with Gasteiger partial charge >= 0.3 is 0 Å². The van der Waals surface area contributed by atoms with E-state index in [1.807, 2.05) is 19.9 Å². The molecule has 0 saturated heterocycles. The van der Waals surface area contributed by atoms with Gasteiger partial charge in [-0.1, -0.05) is 6.07 Å². The Morgan fingerprint density at radius 3 is 2.71 bits per heavy atom. The van der Waals surface area contributed by atoms with E-state index in [2.05, 4.69) is 10.6 Å². The van der Waals surface area contributed by atoms with Crippen LogP contribution in [0.5, 0.6) is 5.75 Å². The van der Waals surface area contributed by atoms with E-state index >= 15 is 0 Å². The topological polar surface area (TPSA) is 44.3 Å². The third-order valence-electron chi connectivity index (χ3n) is 1.52. The van der Waals surface area contributed by atoms with Crippen molar-refractivity contribution < 1.29 is 5.11 Å². The number of nitrogens with one attached hydrogen (secondary N) is 2. The first-order valence-electron chi connectivity index (χ1n) is 4.44. The van der Waals surface area contributed by atoms with Crippen molar-refractivity contribution in [3.8, 4) is 5.75 Å². The minimum absolute atomic E-state index is 0.224. The van der Waals surface area contributed by atoms with Crippen molar-refractivity contribution in [2.75, 3.05) is 5.32 Å². The molecule has 0 aromatic heterocycles. The molecule has 0 spiro atoms. The molecule has 0 aliphatic heterocycles. The van der Waals surface area contributed by atoms with E-state index in [1.54, 1.807) is 18.2 Å². The monoisotopic (exact) mass is 210 g/mol. The van der Waals surface area contributed by atoms with Crippen molar-refractivity contribution in [2.24, 2.45) is 0 Å². The summed E-state index contributed by atoms with van der Waals surface area (Å²) in [6.45, 7) is 4.02. The van der Waals surface area contributed by atoms with Gasteiger partial charge in [-0.2, -0.15) is 0 Å². The van der Waals surface area contributed by atoms with E-state index in [4.69, 9.17) is 12.2 Å². The number of hydrogen-bond acceptors (Lipinski definition) is 2. The zero-order chi connectivity index (χ0) is 10.6. The van der Waals surface area contributed by atoms with E-state index in [-0.39, 0.29) is 5.75 Å². The molecule has 0 atom stereocenters. The number of hydrogen-bond donors (Lipinski definition) is 3. The first-order valence-corrected chi connectivity index (χ1v) is 4.85. The highest BCUT2D eigenvalue weighted by Crippen LogP contribution is 2.14. The third-order valence-corrected chi connectivity index (χ3v) is 1.74. The van der Waals surface area contributed by atoms with Gasteiger partial charge in [0.05, 0.1) is 0 Å². The zero-order valence-electron chi connectivity index (χ0n) is 8.24. The Morgan fingerprint density at radius 2 is 2.14 bits per heavy atom. The molecule has 3 nitrogen and oxygen atoms in total. The van der Waals surface area contributed by atoms with Gasteiger partial charge < -0.3 is 15.7 Å². The lowest BCUT2D eigenvalue weighted by Crippen LogP contribution is -2.33. The van der Waals surface area contributed by atoms with Crippen LogP contribution >= 0.6 is 12.2 Å². The van der Waals surface area contributed by atoms with Gasteiger partial charge in [0.25, 0.3) is 0 Å². The molecular formula is C10H14N2OS. The summed E-state index contributed by atoms with van der Waals surface area (Å²) in [6.07, 6.45) is 0. The van der Waals surface area contributed by atoms with Crippen molar-refractivity contribution in [3.05, 3.63) is 24.3 Å². The highest BCUT2D eigenvalue weighted by atomic mass is 32.1. The van der Waals surface area contributed by atoms with Gasteiger partial charge in [-0.3, -0.25) is 0 Å². The summed E-state index contributed by atoms with van der Waals surface area (Å²) in [5.41, 5.74) is 0.781. The Hall–Kier alpha value is -1.29. The maximum absolute atomic E-state index is 9.20. The number of anilines is 1. The molecule has 1 rings (SSSR count). The second-order valence-corrected chi connectivity index (χ2v) is 3.71. The van der Waals surface area contributed by atoms with Gasteiger partial charge in [0.2, 0.25) is 0 Å². The van der Waals surface area contributed by atoms with Crippen LogP contribution in [-0.2, 0) is 0 Å². The van der Waals surface area contributed by atoms with E-state index in [0.717, 1.165) is 5.69 Å². The molecule has 0 aliphatic carbocycles. The van der Waals surface area contributed by atoms with Crippen LogP contribution in [0.15, 0.2) is 24.3 Å². The van der Waals surface area contributed by atoms with E-state index in [0.29, 0.717) is 11.2 Å². The molecule has 3 N–H and O–H groups in total. The fraction of sp³-hybridized carbons (Fsp3) is 0.300. The molecule has 0 amide bonds. The molecule has 0 unspecified atom stereocenters.